The highest BCUT2D eigenvalue weighted by molar-refractivity contribution is 6.09. The highest BCUT2D eigenvalue weighted by atomic mass is 16.5. The first-order valence-electron chi connectivity index (χ1n) is 9.38. The SMILES string of the molecule is CCCCNC(=O)CN1C(=O)N[C@@](C)(c2ccc3cc(OC)ccc3c2)C1=O. The van der Waals surface area contributed by atoms with E-state index in [4.69, 9.17) is 4.74 Å². The number of carbonyl (C=O) groups is 3. The number of amides is 4. The van der Waals surface area contributed by atoms with Gasteiger partial charge in [0.1, 0.15) is 17.8 Å². The van der Waals surface area contributed by atoms with Crippen LogP contribution in [0.1, 0.15) is 32.3 Å². The largest absolute Gasteiger partial charge is 0.497 e. The zero-order valence-corrected chi connectivity index (χ0v) is 16.4. The average Bonchev–Trinajstić information content (AvgIpc) is 2.91. The molecule has 1 fully saturated rings. The molecular weight excluding hydrogens is 358 g/mol. The number of hydrogen-bond acceptors (Lipinski definition) is 4. The van der Waals surface area contributed by atoms with Crippen LogP contribution in [-0.4, -0.2) is 42.9 Å². The zero-order valence-electron chi connectivity index (χ0n) is 16.4. The van der Waals surface area contributed by atoms with Gasteiger partial charge in [-0.05, 0) is 47.9 Å². The van der Waals surface area contributed by atoms with Crippen molar-refractivity contribution in [1.29, 1.82) is 0 Å². The second kappa shape index (κ2) is 7.88. The monoisotopic (exact) mass is 383 g/mol. The van der Waals surface area contributed by atoms with E-state index in [-0.39, 0.29) is 12.5 Å². The summed E-state index contributed by atoms with van der Waals surface area (Å²) in [4.78, 5) is 38.4. The molecule has 1 atom stereocenters. The number of unbranched alkanes of at least 4 members (excludes halogenated alkanes) is 1. The number of hydrogen-bond donors (Lipinski definition) is 2. The fourth-order valence-electron chi connectivity index (χ4n) is 3.30. The first kappa shape index (κ1) is 19.7. The Morgan fingerprint density at radius 3 is 2.61 bits per heavy atom. The number of urea groups is 1. The molecule has 0 aliphatic carbocycles. The summed E-state index contributed by atoms with van der Waals surface area (Å²) in [6, 6.07) is 10.7. The van der Waals surface area contributed by atoms with Crippen molar-refractivity contribution in [2.45, 2.75) is 32.2 Å². The molecule has 7 nitrogen and oxygen atoms in total. The average molecular weight is 383 g/mol. The van der Waals surface area contributed by atoms with Crippen molar-refractivity contribution in [2.75, 3.05) is 20.2 Å². The Hall–Kier alpha value is -3.09. The van der Waals surface area contributed by atoms with Gasteiger partial charge in [-0.25, -0.2) is 4.79 Å². The van der Waals surface area contributed by atoms with Crippen LogP contribution >= 0.6 is 0 Å². The molecule has 148 valence electrons. The molecule has 3 rings (SSSR count). The number of fused-ring (bicyclic) bond motifs is 1. The van der Waals surface area contributed by atoms with Crippen molar-refractivity contribution < 1.29 is 19.1 Å². The first-order valence-corrected chi connectivity index (χ1v) is 9.38. The first-order chi connectivity index (χ1) is 13.4. The van der Waals surface area contributed by atoms with Gasteiger partial charge in [0.2, 0.25) is 5.91 Å². The standard InChI is InChI=1S/C21H25N3O4/c1-4-5-10-22-18(25)13-24-19(26)21(2,23-20(24)27)16-8-6-15-12-17(28-3)9-7-14(15)11-16/h6-9,11-12H,4-5,10,13H2,1-3H3,(H,22,25)(H,23,27)/t21-/m0/s1. The molecule has 2 aromatic rings. The lowest BCUT2D eigenvalue weighted by Crippen LogP contribution is -2.43. The predicted molar refractivity (Wildman–Crippen MR) is 106 cm³/mol. The van der Waals surface area contributed by atoms with E-state index in [0.29, 0.717) is 12.1 Å². The molecule has 7 heteroatoms. The minimum absolute atomic E-state index is 0.283. The summed E-state index contributed by atoms with van der Waals surface area (Å²) >= 11 is 0. The van der Waals surface area contributed by atoms with E-state index in [2.05, 4.69) is 10.6 Å². The van der Waals surface area contributed by atoms with Gasteiger partial charge in [-0.15, -0.1) is 0 Å². The smallest absolute Gasteiger partial charge is 0.325 e. The molecule has 0 unspecified atom stereocenters. The van der Waals surface area contributed by atoms with Crippen LogP contribution in [-0.2, 0) is 15.1 Å². The molecule has 0 aromatic heterocycles. The highest BCUT2D eigenvalue weighted by Gasteiger charge is 2.49. The second-order valence-electron chi connectivity index (χ2n) is 7.08. The summed E-state index contributed by atoms with van der Waals surface area (Å²) in [6.45, 7) is 3.93. The number of carbonyl (C=O) groups excluding carboxylic acids is 3. The highest BCUT2D eigenvalue weighted by Crippen LogP contribution is 2.31. The van der Waals surface area contributed by atoms with Crippen molar-refractivity contribution in [2.24, 2.45) is 0 Å². The molecule has 1 aliphatic heterocycles. The third-order valence-corrected chi connectivity index (χ3v) is 5.05. The Morgan fingerprint density at radius 2 is 1.89 bits per heavy atom. The zero-order chi connectivity index (χ0) is 20.3. The van der Waals surface area contributed by atoms with Gasteiger partial charge in [0.25, 0.3) is 5.91 Å². The van der Waals surface area contributed by atoms with Gasteiger partial charge in [0.05, 0.1) is 7.11 Å². The summed E-state index contributed by atoms with van der Waals surface area (Å²) in [6.07, 6.45) is 1.81. The Kier molecular flexibility index (Phi) is 5.53. The topological polar surface area (TPSA) is 87.7 Å². The third kappa shape index (κ3) is 3.65. The predicted octanol–water partition coefficient (Wildman–Crippen LogP) is 2.53. The summed E-state index contributed by atoms with van der Waals surface area (Å²) in [7, 11) is 1.61. The van der Waals surface area contributed by atoms with E-state index in [0.717, 1.165) is 34.3 Å². The molecule has 4 amide bonds. The lowest BCUT2D eigenvalue weighted by Gasteiger charge is -2.22. The maximum atomic E-state index is 13.0. The van der Waals surface area contributed by atoms with Gasteiger partial charge in [0.15, 0.2) is 0 Å². The summed E-state index contributed by atoms with van der Waals surface area (Å²) in [5.41, 5.74) is -0.549. The quantitative estimate of drug-likeness (QED) is 0.568. The molecule has 2 aromatic carbocycles. The van der Waals surface area contributed by atoms with Crippen LogP contribution in [0.4, 0.5) is 4.79 Å². The number of ether oxygens (including phenoxy) is 1. The van der Waals surface area contributed by atoms with Crippen LogP contribution in [0, 0.1) is 0 Å². The summed E-state index contributed by atoms with van der Waals surface area (Å²) in [5, 5.41) is 7.36. The number of rotatable bonds is 7. The molecule has 1 saturated heterocycles. The van der Waals surface area contributed by atoms with Crippen LogP contribution in [0.5, 0.6) is 5.75 Å². The fraction of sp³-hybridized carbons (Fsp3) is 0.381. The molecule has 0 saturated carbocycles. The molecular formula is C21H25N3O4. The molecule has 1 aliphatic rings. The van der Waals surface area contributed by atoms with E-state index >= 15 is 0 Å². The number of imide groups is 1. The van der Waals surface area contributed by atoms with E-state index in [1.54, 1.807) is 14.0 Å². The van der Waals surface area contributed by atoms with Gasteiger partial charge in [-0.1, -0.05) is 31.5 Å². The lowest BCUT2D eigenvalue weighted by molar-refractivity contribution is -0.134. The minimum Gasteiger partial charge on any atom is -0.497 e. The van der Waals surface area contributed by atoms with Gasteiger partial charge >= 0.3 is 6.03 Å². The van der Waals surface area contributed by atoms with Crippen molar-refractivity contribution >= 4 is 28.6 Å². The number of benzene rings is 2. The molecule has 0 radical (unpaired) electrons. The van der Waals surface area contributed by atoms with Crippen LogP contribution in [0.3, 0.4) is 0 Å². The number of methoxy groups -OCH3 is 1. The normalized spacial score (nSPS) is 19.0. The van der Waals surface area contributed by atoms with Crippen molar-refractivity contribution in [3.8, 4) is 5.75 Å². The molecule has 0 bridgehead atoms. The summed E-state index contributed by atoms with van der Waals surface area (Å²) < 4.78 is 5.23. The lowest BCUT2D eigenvalue weighted by atomic mass is 9.90. The van der Waals surface area contributed by atoms with Crippen LogP contribution in [0.2, 0.25) is 0 Å². The number of nitrogens with zero attached hydrogens (tertiary/aromatic N) is 1. The third-order valence-electron chi connectivity index (χ3n) is 5.05. The van der Waals surface area contributed by atoms with Gasteiger partial charge < -0.3 is 15.4 Å². The van der Waals surface area contributed by atoms with Crippen molar-refractivity contribution in [3.05, 3.63) is 42.0 Å². The molecule has 2 N–H and O–H groups in total. The molecule has 1 heterocycles. The Morgan fingerprint density at radius 1 is 1.18 bits per heavy atom. The van der Waals surface area contributed by atoms with Crippen molar-refractivity contribution in [1.82, 2.24) is 15.5 Å². The Bertz CT molecular complexity index is 927. The van der Waals surface area contributed by atoms with Gasteiger partial charge in [-0.2, -0.15) is 0 Å². The molecule has 0 spiro atoms. The maximum absolute atomic E-state index is 13.0. The Labute approximate surface area is 164 Å². The maximum Gasteiger partial charge on any atom is 0.325 e. The van der Waals surface area contributed by atoms with Crippen LogP contribution < -0.4 is 15.4 Å². The molecule has 28 heavy (non-hydrogen) atoms. The second-order valence-corrected chi connectivity index (χ2v) is 7.08. The van der Waals surface area contributed by atoms with Crippen LogP contribution in [0.15, 0.2) is 36.4 Å². The minimum atomic E-state index is -1.21. The Balaban J connectivity index is 1.82. The van der Waals surface area contributed by atoms with Crippen molar-refractivity contribution in [3.63, 3.8) is 0 Å². The fourth-order valence-corrected chi connectivity index (χ4v) is 3.30. The van der Waals surface area contributed by atoms with Gasteiger partial charge in [0, 0.05) is 6.54 Å². The van der Waals surface area contributed by atoms with E-state index in [1.165, 1.54) is 0 Å². The number of nitrogens with one attached hydrogen (secondary N) is 2. The van der Waals surface area contributed by atoms with Gasteiger partial charge in [-0.3, -0.25) is 14.5 Å². The van der Waals surface area contributed by atoms with Crippen LogP contribution in [0.25, 0.3) is 10.8 Å². The van der Waals surface area contributed by atoms with E-state index in [9.17, 15) is 14.4 Å². The van der Waals surface area contributed by atoms with E-state index in [1.807, 2.05) is 43.3 Å². The summed E-state index contributed by atoms with van der Waals surface area (Å²) in [5.74, 6) is -0.0280. The van der Waals surface area contributed by atoms with E-state index < -0.39 is 17.5 Å².